The molecule has 21 heavy (non-hydrogen) atoms. The summed E-state index contributed by atoms with van der Waals surface area (Å²) in [4.78, 5) is 0. The van der Waals surface area contributed by atoms with E-state index in [1.165, 1.54) is 31.7 Å². The van der Waals surface area contributed by atoms with E-state index in [2.05, 4.69) is 12.2 Å². The van der Waals surface area contributed by atoms with Gasteiger partial charge in [0.2, 0.25) is 0 Å². The van der Waals surface area contributed by atoms with Gasteiger partial charge < -0.3 is 5.32 Å². The molecule has 2 fully saturated rings. The number of rotatable bonds is 6. The van der Waals surface area contributed by atoms with E-state index in [1.54, 1.807) is 6.07 Å². The maximum atomic E-state index is 13.3. The zero-order chi connectivity index (χ0) is 14.8. The highest BCUT2D eigenvalue weighted by Crippen LogP contribution is 2.49. The largest absolute Gasteiger partial charge is 0.313 e. The van der Waals surface area contributed by atoms with Crippen LogP contribution in [0.4, 0.5) is 4.39 Å². The average molecular weight is 310 g/mol. The lowest BCUT2D eigenvalue weighted by molar-refractivity contribution is 0.247. The van der Waals surface area contributed by atoms with Gasteiger partial charge in [-0.25, -0.2) is 4.39 Å². The van der Waals surface area contributed by atoms with Crippen molar-refractivity contribution in [1.29, 1.82) is 0 Å². The SMILES string of the molecule is CCCNC(Cc1ccc(F)c(Cl)c1)C1CC2CCC1C2. The number of hydrogen-bond acceptors (Lipinski definition) is 1. The van der Waals surface area contributed by atoms with Gasteiger partial charge in [-0.2, -0.15) is 0 Å². The van der Waals surface area contributed by atoms with Gasteiger partial charge in [-0.3, -0.25) is 0 Å². The van der Waals surface area contributed by atoms with Gasteiger partial charge in [0, 0.05) is 6.04 Å². The Labute approximate surface area is 132 Å². The van der Waals surface area contributed by atoms with Gasteiger partial charge in [0.1, 0.15) is 5.82 Å². The molecule has 2 aliphatic rings. The molecule has 1 aromatic rings. The lowest BCUT2D eigenvalue weighted by Gasteiger charge is -2.31. The summed E-state index contributed by atoms with van der Waals surface area (Å²) in [7, 11) is 0. The van der Waals surface area contributed by atoms with E-state index in [0.29, 0.717) is 6.04 Å². The normalized spacial score (nSPS) is 29.0. The minimum Gasteiger partial charge on any atom is -0.313 e. The van der Waals surface area contributed by atoms with E-state index in [-0.39, 0.29) is 10.8 Å². The molecule has 0 heterocycles. The second kappa shape index (κ2) is 6.66. The summed E-state index contributed by atoms with van der Waals surface area (Å²) in [5.74, 6) is 2.33. The topological polar surface area (TPSA) is 12.0 Å². The summed E-state index contributed by atoms with van der Waals surface area (Å²) >= 11 is 5.93. The van der Waals surface area contributed by atoms with Crippen LogP contribution in [0.15, 0.2) is 18.2 Å². The number of hydrogen-bond donors (Lipinski definition) is 1. The van der Waals surface area contributed by atoms with Crippen LogP contribution in [-0.4, -0.2) is 12.6 Å². The number of halogens is 2. The van der Waals surface area contributed by atoms with Crippen molar-refractivity contribution in [3.63, 3.8) is 0 Å². The molecule has 1 N–H and O–H groups in total. The summed E-state index contributed by atoms with van der Waals surface area (Å²) in [6.07, 6.45) is 7.77. The third-order valence-corrected chi connectivity index (χ3v) is 5.70. The molecule has 4 unspecified atom stereocenters. The highest BCUT2D eigenvalue weighted by Gasteiger charge is 2.42. The molecule has 3 heteroatoms. The Bertz CT molecular complexity index is 490. The van der Waals surface area contributed by atoms with Crippen LogP contribution in [-0.2, 0) is 6.42 Å². The van der Waals surface area contributed by atoms with Crippen LogP contribution in [0.5, 0.6) is 0 Å². The monoisotopic (exact) mass is 309 g/mol. The molecule has 116 valence electrons. The molecule has 0 amide bonds. The van der Waals surface area contributed by atoms with Crippen LogP contribution >= 0.6 is 11.6 Å². The first-order valence-corrected chi connectivity index (χ1v) is 8.72. The standard InChI is InChI=1S/C18H25ClFN/c1-2-7-21-18(15-9-12-3-5-14(15)8-12)11-13-4-6-17(20)16(19)10-13/h4,6,10,12,14-15,18,21H,2-3,5,7-9,11H2,1H3. The predicted molar refractivity (Wildman–Crippen MR) is 86.1 cm³/mol. The van der Waals surface area contributed by atoms with Gasteiger partial charge in [0.05, 0.1) is 5.02 Å². The van der Waals surface area contributed by atoms with Crippen molar-refractivity contribution in [2.45, 2.75) is 51.5 Å². The summed E-state index contributed by atoms with van der Waals surface area (Å²) in [6.45, 7) is 3.27. The highest BCUT2D eigenvalue weighted by molar-refractivity contribution is 6.30. The lowest BCUT2D eigenvalue weighted by Crippen LogP contribution is -2.40. The molecular weight excluding hydrogens is 285 g/mol. The van der Waals surface area contributed by atoms with Crippen LogP contribution in [0.2, 0.25) is 5.02 Å². The number of fused-ring (bicyclic) bond motifs is 2. The molecule has 0 radical (unpaired) electrons. The van der Waals surface area contributed by atoms with Crippen molar-refractivity contribution in [2.24, 2.45) is 17.8 Å². The van der Waals surface area contributed by atoms with Crippen molar-refractivity contribution in [2.75, 3.05) is 6.54 Å². The van der Waals surface area contributed by atoms with Crippen molar-refractivity contribution < 1.29 is 4.39 Å². The zero-order valence-corrected chi connectivity index (χ0v) is 13.5. The Morgan fingerprint density at radius 1 is 1.33 bits per heavy atom. The van der Waals surface area contributed by atoms with Crippen molar-refractivity contribution in [3.05, 3.63) is 34.6 Å². The summed E-state index contributed by atoms with van der Waals surface area (Å²) in [6, 6.07) is 5.69. The predicted octanol–water partition coefficient (Wildman–Crippen LogP) is 4.83. The van der Waals surface area contributed by atoms with E-state index in [0.717, 1.165) is 42.7 Å². The van der Waals surface area contributed by atoms with Gasteiger partial charge in [-0.1, -0.05) is 31.0 Å². The molecule has 0 aliphatic heterocycles. The second-order valence-corrected chi connectivity index (χ2v) is 7.26. The fourth-order valence-electron chi connectivity index (χ4n) is 4.41. The fourth-order valence-corrected chi connectivity index (χ4v) is 4.62. The van der Waals surface area contributed by atoms with Gasteiger partial charge in [0.15, 0.2) is 0 Å². The average Bonchev–Trinajstić information content (AvgIpc) is 3.10. The van der Waals surface area contributed by atoms with Gasteiger partial charge in [-0.05, 0) is 74.1 Å². The maximum absolute atomic E-state index is 13.3. The molecular formula is C18H25ClFN. The molecule has 2 aliphatic carbocycles. The van der Waals surface area contributed by atoms with Crippen molar-refractivity contribution >= 4 is 11.6 Å². The highest BCUT2D eigenvalue weighted by atomic mass is 35.5. The van der Waals surface area contributed by atoms with Crippen LogP contribution in [0.25, 0.3) is 0 Å². The van der Waals surface area contributed by atoms with Gasteiger partial charge in [0.25, 0.3) is 0 Å². The molecule has 1 aromatic carbocycles. The van der Waals surface area contributed by atoms with Crippen LogP contribution in [0.1, 0.15) is 44.6 Å². The molecule has 0 spiro atoms. The lowest BCUT2D eigenvalue weighted by atomic mass is 9.81. The van der Waals surface area contributed by atoms with Gasteiger partial charge in [-0.15, -0.1) is 0 Å². The Morgan fingerprint density at radius 3 is 2.81 bits per heavy atom. The van der Waals surface area contributed by atoms with E-state index >= 15 is 0 Å². The minimum absolute atomic E-state index is 0.245. The first kappa shape index (κ1) is 15.3. The Kier molecular flexibility index (Phi) is 4.85. The van der Waals surface area contributed by atoms with E-state index in [9.17, 15) is 4.39 Å². The fraction of sp³-hybridized carbons (Fsp3) is 0.667. The Balaban J connectivity index is 1.71. The molecule has 4 atom stereocenters. The summed E-state index contributed by atoms with van der Waals surface area (Å²) < 4.78 is 13.3. The smallest absolute Gasteiger partial charge is 0.141 e. The Morgan fingerprint density at radius 2 is 2.19 bits per heavy atom. The molecule has 2 bridgehead atoms. The van der Waals surface area contributed by atoms with Crippen molar-refractivity contribution in [3.8, 4) is 0 Å². The first-order chi connectivity index (χ1) is 10.2. The van der Waals surface area contributed by atoms with Crippen molar-refractivity contribution in [1.82, 2.24) is 5.32 Å². The number of benzene rings is 1. The van der Waals surface area contributed by atoms with Crippen LogP contribution in [0, 0.1) is 23.6 Å². The third kappa shape index (κ3) is 3.43. The summed E-state index contributed by atoms with van der Waals surface area (Å²) in [5, 5.41) is 3.99. The molecule has 0 aromatic heterocycles. The summed E-state index contributed by atoms with van der Waals surface area (Å²) in [5.41, 5.74) is 1.15. The van der Waals surface area contributed by atoms with E-state index in [1.807, 2.05) is 6.07 Å². The van der Waals surface area contributed by atoms with Crippen LogP contribution < -0.4 is 5.32 Å². The maximum Gasteiger partial charge on any atom is 0.141 e. The molecule has 0 saturated heterocycles. The zero-order valence-electron chi connectivity index (χ0n) is 12.7. The van der Waals surface area contributed by atoms with E-state index < -0.39 is 0 Å². The molecule has 1 nitrogen and oxygen atoms in total. The van der Waals surface area contributed by atoms with Gasteiger partial charge >= 0.3 is 0 Å². The molecule has 3 rings (SSSR count). The van der Waals surface area contributed by atoms with E-state index in [4.69, 9.17) is 11.6 Å². The first-order valence-electron chi connectivity index (χ1n) is 8.34. The quantitative estimate of drug-likeness (QED) is 0.794. The minimum atomic E-state index is -0.321. The Hall–Kier alpha value is -0.600. The molecule has 2 saturated carbocycles. The second-order valence-electron chi connectivity index (χ2n) is 6.85. The number of nitrogens with one attached hydrogen (secondary N) is 1. The van der Waals surface area contributed by atoms with Crippen LogP contribution in [0.3, 0.4) is 0 Å². The third-order valence-electron chi connectivity index (χ3n) is 5.41.